The van der Waals surface area contributed by atoms with Gasteiger partial charge < -0.3 is 4.90 Å². The Kier molecular flexibility index (Phi) is 4.08. The standard InChI is InChI=1S/C20H19N7O/c28-20(17-14-27(24-21-17)16-6-2-1-3-7-16)25-12-9-15(10-13-25)19-23-22-18-8-4-5-11-26(18)19/h1-8,11,14-15H,9-10,12-13H2. The molecular formula is C20H19N7O. The molecule has 28 heavy (non-hydrogen) atoms. The lowest BCUT2D eigenvalue weighted by atomic mass is 9.96. The van der Waals surface area contributed by atoms with Gasteiger partial charge in [-0.05, 0) is 37.1 Å². The first-order chi connectivity index (χ1) is 13.8. The van der Waals surface area contributed by atoms with Crippen LogP contribution in [0.4, 0.5) is 0 Å². The summed E-state index contributed by atoms with van der Waals surface area (Å²) in [5, 5.41) is 16.8. The predicted octanol–water partition coefficient (Wildman–Crippen LogP) is 2.33. The van der Waals surface area contributed by atoms with Crippen LogP contribution in [0.25, 0.3) is 11.3 Å². The Morgan fingerprint density at radius 2 is 1.71 bits per heavy atom. The van der Waals surface area contributed by atoms with E-state index in [0.29, 0.717) is 24.7 Å². The van der Waals surface area contributed by atoms with Gasteiger partial charge in [-0.15, -0.1) is 15.3 Å². The summed E-state index contributed by atoms with van der Waals surface area (Å²) in [4.78, 5) is 14.7. The molecule has 1 aliphatic heterocycles. The van der Waals surface area contributed by atoms with E-state index >= 15 is 0 Å². The summed E-state index contributed by atoms with van der Waals surface area (Å²) < 4.78 is 3.66. The average molecular weight is 373 g/mol. The van der Waals surface area contributed by atoms with Crippen LogP contribution in [0.1, 0.15) is 35.1 Å². The van der Waals surface area contributed by atoms with Crippen LogP contribution in [0, 0.1) is 0 Å². The number of pyridine rings is 1. The van der Waals surface area contributed by atoms with Crippen LogP contribution in [0.15, 0.2) is 60.9 Å². The van der Waals surface area contributed by atoms with Crippen LogP contribution in [-0.4, -0.2) is 53.5 Å². The first-order valence-electron chi connectivity index (χ1n) is 9.36. The van der Waals surface area contributed by atoms with E-state index in [1.165, 1.54) is 0 Å². The highest BCUT2D eigenvalue weighted by molar-refractivity contribution is 5.92. The van der Waals surface area contributed by atoms with Gasteiger partial charge in [-0.3, -0.25) is 9.20 Å². The third kappa shape index (κ3) is 2.92. The van der Waals surface area contributed by atoms with Crippen molar-refractivity contribution in [1.29, 1.82) is 0 Å². The molecule has 0 unspecified atom stereocenters. The lowest BCUT2D eigenvalue weighted by Gasteiger charge is -2.30. The Hall–Kier alpha value is -3.55. The molecule has 0 saturated carbocycles. The summed E-state index contributed by atoms with van der Waals surface area (Å²) in [6, 6.07) is 15.5. The van der Waals surface area contributed by atoms with E-state index in [4.69, 9.17) is 0 Å². The SMILES string of the molecule is O=C(c1cn(-c2ccccc2)nn1)N1CCC(c2nnc3ccccn23)CC1. The van der Waals surface area contributed by atoms with Crippen molar-refractivity contribution in [3.05, 3.63) is 72.4 Å². The van der Waals surface area contributed by atoms with E-state index in [2.05, 4.69) is 20.5 Å². The van der Waals surface area contributed by atoms with Crippen molar-refractivity contribution in [1.82, 2.24) is 34.5 Å². The number of piperidine rings is 1. The van der Waals surface area contributed by atoms with E-state index in [1.54, 1.807) is 10.9 Å². The van der Waals surface area contributed by atoms with Gasteiger partial charge in [0, 0.05) is 25.2 Å². The molecule has 140 valence electrons. The highest BCUT2D eigenvalue weighted by atomic mass is 16.2. The second-order valence-electron chi connectivity index (χ2n) is 6.94. The van der Waals surface area contributed by atoms with Gasteiger partial charge in [0.2, 0.25) is 0 Å². The number of nitrogens with zero attached hydrogens (tertiary/aromatic N) is 7. The molecule has 8 nitrogen and oxygen atoms in total. The molecule has 0 aliphatic carbocycles. The molecule has 1 saturated heterocycles. The Bertz CT molecular complexity index is 1110. The molecule has 8 heteroatoms. The number of likely N-dealkylation sites (tertiary alicyclic amines) is 1. The number of para-hydroxylation sites is 1. The van der Waals surface area contributed by atoms with Gasteiger partial charge in [0.25, 0.3) is 5.91 Å². The number of amides is 1. The zero-order valence-electron chi connectivity index (χ0n) is 15.2. The lowest BCUT2D eigenvalue weighted by molar-refractivity contribution is 0.0705. The minimum atomic E-state index is -0.0771. The van der Waals surface area contributed by atoms with Gasteiger partial charge in [-0.1, -0.05) is 29.5 Å². The largest absolute Gasteiger partial charge is 0.337 e. The number of rotatable bonds is 3. The smallest absolute Gasteiger partial charge is 0.276 e. The van der Waals surface area contributed by atoms with E-state index in [1.807, 2.05) is 64.0 Å². The molecule has 1 amide bonds. The number of carbonyl (C=O) groups excluding carboxylic acids is 1. The molecule has 3 aromatic heterocycles. The fourth-order valence-electron chi connectivity index (χ4n) is 3.71. The molecule has 0 spiro atoms. The van der Waals surface area contributed by atoms with E-state index in [9.17, 15) is 4.79 Å². The Morgan fingerprint density at radius 3 is 2.54 bits per heavy atom. The second kappa shape index (κ2) is 6.88. The monoisotopic (exact) mass is 373 g/mol. The zero-order chi connectivity index (χ0) is 18.9. The summed E-state index contributed by atoms with van der Waals surface area (Å²) >= 11 is 0. The molecule has 0 radical (unpaired) electrons. The molecule has 1 aliphatic rings. The van der Waals surface area contributed by atoms with Crippen molar-refractivity contribution in [3.63, 3.8) is 0 Å². The van der Waals surface area contributed by atoms with Crippen molar-refractivity contribution in [2.24, 2.45) is 0 Å². The zero-order valence-corrected chi connectivity index (χ0v) is 15.2. The van der Waals surface area contributed by atoms with Gasteiger partial charge in [0.15, 0.2) is 11.3 Å². The quantitative estimate of drug-likeness (QED) is 0.551. The lowest BCUT2D eigenvalue weighted by Crippen LogP contribution is -2.38. The highest BCUT2D eigenvalue weighted by Crippen LogP contribution is 2.27. The maximum absolute atomic E-state index is 12.8. The van der Waals surface area contributed by atoms with Crippen LogP contribution >= 0.6 is 0 Å². The molecule has 0 atom stereocenters. The molecule has 4 heterocycles. The van der Waals surface area contributed by atoms with E-state index in [0.717, 1.165) is 30.0 Å². The van der Waals surface area contributed by atoms with Gasteiger partial charge in [-0.2, -0.15) is 0 Å². The summed E-state index contributed by atoms with van der Waals surface area (Å²) in [5.74, 6) is 1.19. The summed E-state index contributed by atoms with van der Waals surface area (Å²) in [5.41, 5.74) is 2.11. The molecule has 1 aromatic carbocycles. The Labute approximate surface area is 161 Å². The van der Waals surface area contributed by atoms with E-state index < -0.39 is 0 Å². The fourth-order valence-corrected chi connectivity index (χ4v) is 3.71. The topological polar surface area (TPSA) is 81.2 Å². The number of fused-ring (bicyclic) bond motifs is 1. The predicted molar refractivity (Wildman–Crippen MR) is 102 cm³/mol. The van der Waals surface area contributed by atoms with Crippen molar-refractivity contribution in [3.8, 4) is 5.69 Å². The maximum Gasteiger partial charge on any atom is 0.276 e. The minimum absolute atomic E-state index is 0.0771. The first kappa shape index (κ1) is 16.6. The molecule has 5 rings (SSSR count). The third-order valence-electron chi connectivity index (χ3n) is 5.22. The van der Waals surface area contributed by atoms with Crippen LogP contribution < -0.4 is 0 Å². The maximum atomic E-state index is 12.8. The normalized spacial score (nSPS) is 15.2. The first-order valence-corrected chi connectivity index (χ1v) is 9.36. The summed E-state index contributed by atoms with van der Waals surface area (Å²) in [7, 11) is 0. The number of hydrogen-bond acceptors (Lipinski definition) is 5. The van der Waals surface area contributed by atoms with Crippen LogP contribution in [0.2, 0.25) is 0 Å². The third-order valence-corrected chi connectivity index (χ3v) is 5.22. The Balaban J connectivity index is 1.28. The summed E-state index contributed by atoms with van der Waals surface area (Å²) in [6.45, 7) is 1.34. The van der Waals surface area contributed by atoms with Crippen LogP contribution in [0.5, 0.6) is 0 Å². The van der Waals surface area contributed by atoms with Gasteiger partial charge in [-0.25, -0.2) is 4.68 Å². The van der Waals surface area contributed by atoms with Crippen molar-refractivity contribution < 1.29 is 4.79 Å². The summed E-state index contributed by atoms with van der Waals surface area (Å²) in [6.07, 6.45) is 5.39. The number of hydrogen-bond donors (Lipinski definition) is 0. The van der Waals surface area contributed by atoms with E-state index in [-0.39, 0.29) is 5.91 Å². The van der Waals surface area contributed by atoms with Gasteiger partial charge in [0.05, 0.1) is 11.9 Å². The number of aromatic nitrogens is 6. The van der Waals surface area contributed by atoms with Crippen molar-refractivity contribution in [2.75, 3.05) is 13.1 Å². The molecule has 4 aromatic rings. The fraction of sp³-hybridized carbons (Fsp3) is 0.250. The molecular weight excluding hydrogens is 354 g/mol. The number of benzene rings is 1. The van der Waals surface area contributed by atoms with Crippen LogP contribution in [-0.2, 0) is 0 Å². The van der Waals surface area contributed by atoms with Gasteiger partial charge >= 0.3 is 0 Å². The minimum Gasteiger partial charge on any atom is -0.337 e. The highest BCUT2D eigenvalue weighted by Gasteiger charge is 2.28. The average Bonchev–Trinajstić information content (AvgIpc) is 3.42. The second-order valence-corrected chi connectivity index (χ2v) is 6.94. The van der Waals surface area contributed by atoms with Crippen LogP contribution in [0.3, 0.4) is 0 Å². The number of carbonyl (C=O) groups is 1. The molecule has 0 N–H and O–H groups in total. The van der Waals surface area contributed by atoms with Crippen molar-refractivity contribution >= 4 is 11.6 Å². The molecule has 0 bridgehead atoms. The van der Waals surface area contributed by atoms with Gasteiger partial charge in [0.1, 0.15) is 5.82 Å². The van der Waals surface area contributed by atoms with Crippen molar-refractivity contribution in [2.45, 2.75) is 18.8 Å². The Morgan fingerprint density at radius 1 is 0.929 bits per heavy atom. The molecule has 1 fully saturated rings.